The Balaban J connectivity index is -0.000000333. The molecule has 4 nitrogen and oxygen atoms in total. The van der Waals surface area contributed by atoms with E-state index >= 15 is 0 Å². The number of alkyl halides is 2. The molecule has 23 heavy (non-hydrogen) atoms. The van der Waals surface area contributed by atoms with Crippen molar-refractivity contribution in [2.45, 2.75) is 63.1 Å². The van der Waals surface area contributed by atoms with E-state index in [0.29, 0.717) is 12.8 Å². The molecule has 7 heteroatoms. The Morgan fingerprint density at radius 3 is 1.39 bits per heavy atom. The van der Waals surface area contributed by atoms with E-state index in [1.54, 1.807) is 0 Å². The van der Waals surface area contributed by atoms with Crippen LogP contribution in [0, 0.1) is 0 Å². The quantitative estimate of drug-likeness (QED) is 0.246. The van der Waals surface area contributed by atoms with Crippen LogP contribution in [-0.2, 0) is 9.59 Å². The van der Waals surface area contributed by atoms with Gasteiger partial charge in [0.25, 0.3) is 0 Å². The average Bonchev–Trinajstić information content (AvgIpc) is 2.37. The number of aliphatic carboxylic acids is 2. The van der Waals surface area contributed by atoms with Gasteiger partial charge in [-0.3, -0.25) is 0 Å². The summed E-state index contributed by atoms with van der Waals surface area (Å²) in [6.07, 6.45) is 10.5. The molecule has 0 heterocycles. The number of carbonyl (C=O) groups is 2. The minimum absolute atomic E-state index is 0. The van der Waals surface area contributed by atoms with Crippen LogP contribution in [0.3, 0.4) is 0 Å². The summed E-state index contributed by atoms with van der Waals surface area (Å²) < 4.78 is 0. The van der Waals surface area contributed by atoms with E-state index in [-0.39, 0.29) is 61.3 Å². The molecule has 0 aliphatic rings. The van der Waals surface area contributed by atoms with E-state index in [1.807, 2.05) is 38.2 Å². The Hall–Kier alpha value is 0.260. The molecule has 0 aromatic carbocycles. The summed E-state index contributed by atoms with van der Waals surface area (Å²) in [5.41, 5.74) is 0. The summed E-state index contributed by atoms with van der Waals surface area (Å²) in [6.45, 7) is 3.72. The van der Waals surface area contributed by atoms with E-state index in [2.05, 4.69) is 0 Å². The summed E-state index contributed by atoms with van der Waals surface area (Å²) in [7, 11) is 0. The van der Waals surface area contributed by atoms with Gasteiger partial charge in [0.2, 0.25) is 0 Å². The SMILES string of the molecule is CC(Cl)/C=C/CCCC(=O)[O-].CC(Cl)/C=C/CCCC(=O)[O-].[Ca+2]. The maximum absolute atomic E-state index is 9.94. The van der Waals surface area contributed by atoms with E-state index in [4.69, 9.17) is 23.2 Å². The van der Waals surface area contributed by atoms with Crippen LogP contribution in [0.1, 0.15) is 52.4 Å². The van der Waals surface area contributed by atoms with Gasteiger partial charge in [0.1, 0.15) is 0 Å². The third-order valence-electron chi connectivity index (χ3n) is 2.31. The molecule has 0 amide bonds. The van der Waals surface area contributed by atoms with Crippen molar-refractivity contribution in [1.82, 2.24) is 0 Å². The second-order valence-corrected chi connectivity index (χ2v) is 6.12. The molecular formula is C16H24CaCl2O4. The van der Waals surface area contributed by atoms with Crippen LogP contribution < -0.4 is 10.2 Å². The van der Waals surface area contributed by atoms with Crippen molar-refractivity contribution >= 4 is 72.9 Å². The van der Waals surface area contributed by atoms with Crippen LogP contribution in [0.4, 0.5) is 0 Å². The number of rotatable bonds is 10. The molecule has 0 aliphatic carbocycles. The smallest absolute Gasteiger partial charge is 0.550 e. The van der Waals surface area contributed by atoms with E-state index < -0.39 is 11.9 Å². The molecule has 128 valence electrons. The van der Waals surface area contributed by atoms with Crippen molar-refractivity contribution in [3.05, 3.63) is 24.3 Å². The standard InChI is InChI=1S/2C8H13ClO2.Ca/c2*1-7(9)5-3-2-4-6-8(10)11;/h2*3,5,7H,2,4,6H2,1H3,(H,10,11);/q;;+2/p-2/b2*5-3+;. The van der Waals surface area contributed by atoms with E-state index in [0.717, 1.165) is 12.8 Å². The molecule has 0 aliphatic heterocycles. The van der Waals surface area contributed by atoms with Gasteiger partial charge in [0.15, 0.2) is 0 Å². The first-order valence-electron chi connectivity index (χ1n) is 7.26. The Morgan fingerprint density at radius 1 is 0.870 bits per heavy atom. The molecule has 0 aromatic rings. The molecule has 0 spiro atoms. The summed E-state index contributed by atoms with van der Waals surface area (Å²) in [5, 5.41) is 19.9. The van der Waals surface area contributed by atoms with Crippen molar-refractivity contribution in [2.24, 2.45) is 0 Å². The van der Waals surface area contributed by atoms with E-state index in [1.165, 1.54) is 0 Å². The van der Waals surface area contributed by atoms with Gasteiger partial charge < -0.3 is 19.8 Å². The number of hydrogen-bond donors (Lipinski definition) is 0. The summed E-state index contributed by atoms with van der Waals surface area (Å²) in [5.74, 6) is -1.98. The van der Waals surface area contributed by atoms with Crippen LogP contribution in [0.25, 0.3) is 0 Å². The molecule has 0 fully saturated rings. The first-order valence-corrected chi connectivity index (χ1v) is 8.14. The van der Waals surface area contributed by atoms with Gasteiger partial charge in [-0.15, -0.1) is 23.2 Å². The zero-order valence-electron chi connectivity index (χ0n) is 13.8. The summed E-state index contributed by atoms with van der Waals surface area (Å²) in [6, 6.07) is 0. The number of hydrogen-bond acceptors (Lipinski definition) is 4. The monoisotopic (exact) mass is 390 g/mol. The minimum Gasteiger partial charge on any atom is -0.550 e. The van der Waals surface area contributed by atoms with Crippen LogP contribution in [0.15, 0.2) is 24.3 Å². The van der Waals surface area contributed by atoms with Crippen molar-refractivity contribution in [3.8, 4) is 0 Å². The topological polar surface area (TPSA) is 80.3 Å². The first-order chi connectivity index (χ1) is 10.3. The van der Waals surface area contributed by atoms with Gasteiger partial charge in [0.05, 0.1) is 0 Å². The third kappa shape index (κ3) is 34.6. The van der Waals surface area contributed by atoms with Crippen LogP contribution in [0.2, 0.25) is 0 Å². The average molecular weight is 391 g/mol. The third-order valence-corrected chi connectivity index (χ3v) is 2.60. The van der Waals surface area contributed by atoms with Crippen LogP contribution in [-0.4, -0.2) is 60.4 Å². The Bertz CT molecular complexity index is 322. The predicted molar refractivity (Wildman–Crippen MR) is 92.4 cm³/mol. The van der Waals surface area contributed by atoms with Gasteiger partial charge >= 0.3 is 37.7 Å². The number of halogens is 2. The van der Waals surface area contributed by atoms with Crippen LogP contribution >= 0.6 is 23.2 Å². The van der Waals surface area contributed by atoms with Crippen molar-refractivity contribution in [2.75, 3.05) is 0 Å². The molecule has 0 saturated carbocycles. The molecule has 0 N–H and O–H groups in total. The molecule has 2 atom stereocenters. The number of carboxylic acids is 2. The molecule has 2 unspecified atom stereocenters. The zero-order chi connectivity index (χ0) is 17.4. The Kier molecular flexibility index (Phi) is 24.8. The van der Waals surface area contributed by atoms with Crippen molar-refractivity contribution < 1.29 is 19.8 Å². The minimum atomic E-state index is -0.989. The number of carbonyl (C=O) groups excluding carboxylic acids is 2. The van der Waals surface area contributed by atoms with Gasteiger partial charge in [-0.05, 0) is 52.4 Å². The van der Waals surface area contributed by atoms with Crippen LogP contribution in [0.5, 0.6) is 0 Å². The second-order valence-electron chi connectivity index (χ2n) is 4.74. The van der Waals surface area contributed by atoms with Gasteiger partial charge in [-0.2, -0.15) is 0 Å². The molecule has 0 saturated heterocycles. The molecule has 0 aromatic heterocycles. The maximum Gasteiger partial charge on any atom is 2.00 e. The molecule has 0 bridgehead atoms. The van der Waals surface area contributed by atoms with Crippen molar-refractivity contribution in [1.29, 1.82) is 0 Å². The van der Waals surface area contributed by atoms with Gasteiger partial charge in [-0.1, -0.05) is 24.3 Å². The van der Waals surface area contributed by atoms with Gasteiger partial charge in [0, 0.05) is 22.7 Å². The molecule has 0 rings (SSSR count). The number of unbranched alkanes of at least 4 members (excludes halogenated alkanes) is 2. The predicted octanol–water partition coefficient (Wildman–Crippen LogP) is 1.80. The number of allylic oxidation sites excluding steroid dienone is 4. The Labute approximate surface area is 178 Å². The normalized spacial score (nSPS) is 13.0. The van der Waals surface area contributed by atoms with E-state index in [9.17, 15) is 19.8 Å². The van der Waals surface area contributed by atoms with Gasteiger partial charge in [-0.25, -0.2) is 0 Å². The fourth-order valence-electron chi connectivity index (χ4n) is 1.30. The zero-order valence-corrected chi connectivity index (χ0v) is 17.5. The number of carboxylic acid groups (broad SMARTS) is 2. The Morgan fingerprint density at radius 2 is 1.17 bits per heavy atom. The molecular weight excluding hydrogens is 367 g/mol. The summed E-state index contributed by atoms with van der Waals surface area (Å²) >= 11 is 11.2. The summed E-state index contributed by atoms with van der Waals surface area (Å²) in [4.78, 5) is 19.9. The fraction of sp³-hybridized carbons (Fsp3) is 0.625. The molecule has 0 radical (unpaired) electrons. The maximum atomic E-state index is 9.94. The fourth-order valence-corrected chi connectivity index (χ4v) is 1.50. The second kappa shape index (κ2) is 20.3. The first kappa shape index (κ1) is 28.1. The van der Waals surface area contributed by atoms with Crippen molar-refractivity contribution in [3.63, 3.8) is 0 Å². The largest absolute Gasteiger partial charge is 2.00 e.